The lowest BCUT2D eigenvalue weighted by molar-refractivity contribution is -0.142. The Balaban J connectivity index is 1.85. The molecule has 28 heavy (non-hydrogen) atoms. The minimum absolute atomic E-state index is 0.146. The Morgan fingerprint density at radius 2 is 2.04 bits per heavy atom. The third-order valence-corrected chi connectivity index (χ3v) is 6.26. The number of unbranched alkanes of at least 4 members (excludes halogenated alkanes) is 1. The molecule has 1 spiro atoms. The third-order valence-electron chi connectivity index (χ3n) is 5.95. The molecule has 1 aromatic carbocycles. The van der Waals surface area contributed by atoms with Gasteiger partial charge in [0.05, 0.1) is 22.5 Å². The second-order valence-corrected chi connectivity index (χ2v) is 7.94. The highest BCUT2D eigenvalue weighted by Gasteiger charge is 2.70. The first-order valence-electron chi connectivity index (χ1n) is 9.34. The molecule has 2 fully saturated rings. The fourth-order valence-corrected chi connectivity index (χ4v) is 5.00. The van der Waals surface area contributed by atoms with E-state index >= 15 is 0 Å². The molecular weight excluding hydrogens is 384 g/mol. The summed E-state index contributed by atoms with van der Waals surface area (Å²) in [6.45, 7) is 2.26. The topological polar surface area (TPSA) is 122 Å². The third kappa shape index (κ3) is 2.41. The van der Waals surface area contributed by atoms with E-state index < -0.39 is 41.1 Å². The van der Waals surface area contributed by atoms with Crippen LogP contribution in [-0.2, 0) is 24.7 Å². The molecule has 1 aromatic rings. The van der Waals surface area contributed by atoms with Crippen LogP contribution in [-0.4, -0.2) is 41.1 Å². The molecule has 0 saturated carbocycles. The summed E-state index contributed by atoms with van der Waals surface area (Å²) >= 11 is 6.24. The minimum atomic E-state index is -1.45. The Kier molecular flexibility index (Phi) is 4.43. The predicted octanol–water partition coefficient (Wildman–Crippen LogP) is 0.736. The molecule has 3 aliphatic rings. The number of nitrogens with one attached hydrogen (secondary N) is 2. The molecule has 4 atom stereocenters. The van der Waals surface area contributed by atoms with Crippen LogP contribution in [0.3, 0.4) is 0 Å². The van der Waals surface area contributed by atoms with Gasteiger partial charge in [0.15, 0.2) is 0 Å². The van der Waals surface area contributed by atoms with Gasteiger partial charge < -0.3 is 11.1 Å². The lowest BCUT2D eigenvalue weighted by Gasteiger charge is -2.29. The van der Waals surface area contributed by atoms with Crippen molar-refractivity contribution in [1.82, 2.24) is 10.2 Å². The van der Waals surface area contributed by atoms with Crippen molar-refractivity contribution in [2.24, 2.45) is 17.6 Å². The number of carbonyl (C=O) groups excluding carboxylic acids is 4. The van der Waals surface area contributed by atoms with Gasteiger partial charge in [0.1, 0.15) is 5.54 Å². The minimum Gasteiger partial charge on any atom is -0.370 e. The van der Waals surface area contributed by atoms with Crippen LogP contribution >= 0.6 is 11.6 Å². The zero-order chi connectivity index (χ0) is 20.2. The maximum absolute atomic E-state index is 13.3. The van der Waals surface area contributed by atoms with Crippen molar-refractivity contribution in [3.05, 3.63) is 28.8 Å². The van der Waals surface area contributed by atoms with Gasteiger partial charge in [0, 0.05) is 24.6 Å². The lowest BCUT2D eigenvalue weighted by atomic mass is 9.76. The van der Waals surface area contributed by atoms with Crippen molar-refractivity contribution in [3.63, 3.8) is 0 Å². The maximum Gasteiger partial charge on any atom is 0.250 e. The second-order valence-electron chi connectivity index (χ2n) is 7.53. The van der Waals surface area contributed by atoms with Crippen LogP contribution in [0, 0.1) is 11.8 Å². The summed E-state index contributed by atoms with van der Waals surface area (Å²) in [5.41, 5.74) is 4.88. The largest absolute Gasteiger partial charge is 0.370 e. The van der Waals surface area contributed by atoms with E-state index in [9.17, 15) is 19.2 Å². The van der Waals surface area contributed by atoms with Gasteiger partial charge in [0.2, 0.25) is 23.6 Å². The van der Waals surface area contributed by atoms with E-state index in [2.05, 4.69) is 10.6 Å². The molecule has 8 nitrogen and oxygen atoms in total. The molecule has 0 aliphatic carbocycles. The molecule has 0 bridgehead atoms. The van der Waals surface area contributed by atoms with Crippen LogP contribution in [0.5, 0.6) is 0 Å². The van der Waals surface area contributed by atoms with Gasteiger partial charge in [-0.05, 0) is 12.5 Å². The number of rotatable bonds is 5. The van der Waals surface area contributed by atoms with Gasteiger partial charge in [-0.2, -0.15) is 0 Å². The first-order valence-corrected chi connectivity index (χ1v) is 9.72. The van der Waals surface area contributed by atoms with Crippen LogP contribution < -0.4 is 16.4 Å². The van der Waals surface area contributed by atoms with Gasteiger partial charge in [-0.1, -0.05) is 37.1 Å². The second kappa shape index (κ2) is 6.56. The van der Waals surface area contributed by atoms with E-state index in [0.29, 0.717) is 29.2 Å². The number of anilines is 1. The number of fused-ring (bicyclic) bond motifs is 4. The van der Waals surface area contributed by atoms with Crippen LogP contribution in [0.1, 0.15) is 31.7 Å². The molecule has 9 heteroatoms. The number of benzene rings is 1. The average Bonchev–Trinajstić information content (AvgIpc) is 3.20. The van der Waals surface area contributed by atoms with E-state index in [4.69, 9.17) is 17.3 Å². The number of carbonyl (C=O) groups is 4. The number of hydrogen-bond donors (Lipinski definition) is 3. The molecule has 4 rings (SSSR count). The number of primary amides is 1. The summed E-state index contributed by atoms with van der Waals surface area (Å²) in [6.07, 6.45) is 1.35. The number of para-hydroxylation sites is 1. The van der Waals surface area contributed by atoms with Crippen molar-refractivity contribution >= 4 is 40.9 Å². The monoisotopic (exact) mass is 404 g/mol. The molecule has 4 N–H and O–H groups in total. The zero-order valence-electron chi connectivity index (χ0n) is 15.3. The van der Waals surface area contributed by atoms with E-state index in [1.807, 2.05) is 6.92 Å². The van der Waals surface area contributed by atoms with Crippen LogP contribution in [0.15, 0.2) is 18.2 Å². The van der Waals surface area contributed by atoms with Crippen molar-refractivity contribution < 1.29 is 19.2 Å². The van der Waals surface area contributed by atoms with E-state index in [1.54, 1.807) is 18.2 Å². The predicted molar refractivity (Wildman–Crippen MR) is 101 cm³/mol. The number of amides is 4. The highest BCUT2D eigenvalue weighted by molar-refractivity contribution is 6.35. The molecule has 0 unspecified atom stereocenters. The fraction of sp³-hybridized carbons (Fsp3) is 0.474. The Morgan fingerprint density at radius 3 is 2.71 bits per heavy atom. The standard InChI is InChI=1S/C19H21ClN4O4/c1-2-3-7-24-16(26)13-11(8-12(21)25)23-19(14(13)17(24)27)9-5-4-6-10(20)15(9)22-18(19)28/h4-6,11,13-14,23H,2-3,7-8H2,1H3,(H2,21,25)(H,22,28)/t11-,13+,14-,19+/m0/s1. The molecule has 3 aliphatic heterocycles. The normalized spacial score (nSPS) is 30.7. The molecule has 3 heterocycles. The molecule has 148 valence electrons. The van der Waals surface area contributed by atoms with Crippen LogP contribution in [0.2, 0.25) is 5.02 Å². The zero-order valence-corrected chi connectivity index (χ0v) is 16.1. The number of likely N-dealkylation sites (tertiary alicyclic amines) is 1. The Bertz CT molecular complexity index is 904. The van der Waals surface area contributed by atoms with Crippen LogP contribution in [0.25, 0.3) is 0 Å². The summed E-state index contributed by atoms with van der Waals surface area (Å²) in [7, 11) is 0. The summed E-state index contributed by atoms with van der Waals surface area (Å²) < 4.78 is 0. The number of nitrogens with two attached hydrogens (primary N) is 1. The van der Waals surface area contributed by atoms with E-state index in [-0.39, 0.29) is 12.3 Å². The van der Waals surface area contributed by atoms with Crippen molar-refractivity contribution in [1.29, 1.82) is 0 Å². The number of imide groups is 1. The summed E-state index contributed by atoms with van der Waals surface area (Å²) in [4.78, 5) is 52.3. The average molecular weight is 405 g/mol. The molecular formula is C19H21ClN4O4. The smallest absolute Gasteiger partial charge is 0.250 e. The lowest BCUT2D eigenvalue weighted by Crippen LogP contribution is -2.53. The number of nitrogens with zero attached hydrogens (tertiary/aromatic N) is 1. The highest BCUT2D eigenvalue weighted by Crippen LogP contribution is 2.54. The summed E-state index contributed by atoms with van der Waals surface area (Å²) in [5.74, 6) is -3.58. The van der Waals surface area contributed by atoms with Gasteiger partial charge in [-0.15, -0.1) is 0 Å². The van der Waals surface area contributed by atoms with Crippen molar-refractivity contribution in [2.45, 2.75) is 37.8 Å². The Hall–Kier alpha value is -2.45. The Morgan fingerprint density at radius 1 is 1.29 bits per heavy atom. The van der Waals surface area contributed by atoms with Gasteiger partial charge >= 0.3 is 0 Å². The number of halogens is 1. The summed E-state index contributed by atoms with van der Waals surface area (Å²) in [5, 5.41) is 6.22. The van der Waals surface area contributed by atoms with E-state index in [1.165, 1.54) is 4.90 Å². The van der Waals surface area contributed by atoms with Crippen molar-refractivity contribution in [2.75, 3.05) is 11.9 Å². The highest BCUT2D eigenvalue weighted by atomic mass is 35.5. The molecule has 0 aromatic heterocycles. The first-order chi connectivity index (χ1) is 13.3. The first kappa shape index (κ1) is 18.9. The Labute approximate surface area is 166 Å². The number of hydrogen-bond acceptors (Lipinski definition) is 5. The maximum atomic E-state index is 13.3. The fourth-order valence-electron chi connectivity index (χ4n) is 4.78. The molecule has 4 amide bonds. The summed E-state index contributed by atoms with van der Waals surface area (Å²) in [6, 6.07) is 4.34. The quantitative estimate of drug-likeness (QED) is 0.625. The van der Waals surface area contributed by atoms with Gasteiger partial charge in [-0.25, -0.2) is 0 Å². The SMILES string of the molecule is CCCCN1C(=O)[C@@H]2[C@H](CC(N)=O)N[C@@]3(C(=O)Nc4c(Cl)cccc43)[C@@H]2C1=O. The van der Waals surface area contributed by atoms with E-state index in [0.717, 1.165) is 6.42 Å². The molecule has 0 radical (unpaired) electrons. The van der Waals surface area contributed by atoms with Crippen LogP contribution in [0.4, 0.5) is 5.69 Å². The molecule has 2 saturated heterocycles. The van der Waals surface area contributed by atoms with Gasteiger partial charge in [-0.3, -0.25) is 29.4 Å². The van der Waals surface area contributed by atoms with Gasteiger partial charge in [0.25, 0.3) is 0 Å². The van der Waals surface area contributed by atoms with Crippen molar-refractivity contribution in [3.8, 4) is 0 Å².